The molecule has 4 aromatic rings. The fraction of sp³-hybridized carbons (Fsp3) is 0.263. The molecule has 1 aliphatic rings. The number of rotatable bonds is 18. The lowest BCUT2D eigenvalue weighted by Crippen LogP contribution is -2.44. The van der Waals surface area contributed by atoms with Crippen molar-refractivity contribution in [2.45, 2.75) is 25.4 Å². The van der Waals surface area contributed by atoms with Crippen LogP contribution in [0.15, 0.2) is 98.6 Å². The van der Waals surface area contributed by atoms with Gasteiger partial charge in [0.05, 0.1) is 75.6 Å². The molecule has 2 aromatic carbocycles. The molecule has 0 spiro atoms. The van der Waals surface area contributed by atoms with E-state index in [9.17, 15) is 19.2 Å². The zero-order valence-electron chi connectivity index (χ0n) is 29.0. The molecule has 54 heavy (non-hydrogen) atoms. The van der Waals surface area contributed by atoms with Crippen LogP contribution in [-0.4, -0.2) is 96.0 Å². The van der Waals surface area contributed by atoms with Crippen LogP contribution in [0.5, 0.6) is 11.5 Å². The Kier molecular flexibility index (Phi) is 14.3. The molecule has 0 N–H and O–H groups in total. The highest BCUT2D eigenvalue weighted by Gasteiger charge is 2.34. The first-order valence-corrected chi connectivity index (χ1v) is 16.7. The Balaban J connectivity index is 1.08. The highest BCUT2D eigenvalue weighted by molar-refractivity contribution is 5.91. The maximum atomic E-state index is 13.0. The first-order chi connectivity index (χ1) is 26.3. The van der Waals surface area contributed by atoms with Gasteiger partial charge in [-0.2, -0.15) is 0 Å². The number of benzene rings is 2. The fourth-order valence-electron chi connectivity index (χ4n) is 4.56. The van der Waals surface area contributed by atoms with Gasteiger partial charge in [0.2, 0.25) is 0 Å². The first-order valence-electron chi connectivity index (χ1n) is 16.7. The van der Waals surface area contributed by atoms with Crippen LogP contribution in [0.25, 0.3) is 22.8 Å². The zero-order valence-corrected chi connectivity index (χ0v) is 29.0. The van der Waals surface area contributed by atoms with E-state index in [1.54, 1.807) is 48.5 Å². The van der Waals surface area contributed by atoms with E-state index >= 15 is 0 Å². The molecule has 1 saturated heterocycles. The van der Waals surface area contributed by atoms with E-state index in [1.807, 2.05) is 0 Å². The van der Waals surface area contributed by atoms with Gasteiger partial charge < -0.3 is 37.9 Å². The van der Waals surface area contributed by atoms with E-state index < -0.39 is 36.5 Å². The molecule has 0 bridgehead atoms. The summed E-state index contributed by atoms with van der Waals surface area (Å²) in [7, 11) is 0. The van der Waals surface area contributed by atoms with E-state index in [4.69, 9.17) is 37.9 Å². The molecule has 0 radical (unpaired) electrons. The van der Waals surface area contributed by atoms with Crippen molar-refractivity contribution >= 4 is 23.9 Å². The third-order valence-corrected chi connectivity index (χ3v) is 7.27. The van der Waals surface area contributed by atoms with Crippen LogP contribution in [0.3, 0.4) is 0 Å². The van der Waals surface area contributed by atoms with Gasteiger partial charge in [0.25, 0.3) is 12.6 Å². The third-order valence-electron chi connectivity index (χ3n) is 7.27. The Morgan fingerprint density at radius 2 is 0.963 bits per heavy atom. The standard InChI is InChI=1S/C38H36N4O12/c1-3-31(43)49-17-5-15-47-29-21-39-33(40-22-29)25-7-11-27(12-8-25)35(45)53-37-38(52-20-19-51-37)54-36(46)28-13-9-26(10-14-28)34-41-23-30(24-42-34)48-16-6-18-50-32(44)4-2/h3-4,7-14,21-24,37-38H,1-2,5-6,15-20H2. The maximum Gasteiger partial charge on any atom is 0.340 e. The SMILES string of the molecule is C=CC(=O)OCCCOc1cnc(-c2ccc(C(=O)OC3OCCOC3OC(=O)c3ccc(-c4ncc(OCCCOC(=O)C=C)cn4)cc3)cc2)nc1. The van der Waals surface area contributed by atoms with Crippen LogP contribution in [0.2, 0.25) is 0 Å². The Morgan fingerprint density at radius 3 is 1.31 bits per heavy atom. The largest absolute Gasteiger partial charge is 0.490 e. The summed E-state index contributed by atoms with van der Waals surface area (Å²) in [6, 6.07) is 12.8. The lowest BCUT2D eigenvalue weighted by molar-refractivity contribution is -0.288. The van der Waals surface area contributed by atoms with Crippen LogP contribution >= 0.6 is 0 Å². The van der Waals surface area contributed by atoms with Crippen molar-refractivity contribution in [3.05, 3.63) is 110 Å². The highest BCUT2D eigenvalue weighted by Crippen LogP contribution is 2.22. The van der Waals surface area contributed by atoms with Gasteiger partial charge in [0.1, 0.15) is 0 Å². The molecule has 2 aromatic heterocycles. The summed E-state index contributed by atoms with van der Waals surface area (Å²) < 4.78 is 43.1. The topological polar surface area (TPSA) is 194 Å². The molecule has 1 fully saturated rings. The second kappa shape index (κ2) is 19.9. The van der Waals surface area contributed by atoms with E-state index in [0.717, 1.165) is 12.2 Å². The number of ether oxygens (including phenoxy) is 8. The molecule has 0 saturated carbocycles. The molecular weight excluding hydrogens is 704 g/mol. The van der Waals surface area contributed by atoms with Crippen molar-refractivity contribution in [2.24, 2.45) is 0 Å². The minimum atomic E-state index is -1.31. The monoisotopic (exact) mass is 740 g/mol. The van der Waals surface area contributed by atoms with Crippen molar-refractivity contribution in [3.8, 4) is 34.3 Å². The second-order valence-corrected chi connectivity index (χ2v) is 11.1. The number of carbonyl (C=O) groups is 4. The molecule has 1 aliphatic heterocycles. The summed E-state index contributed by atoms with van der Waals surface area (Å²) in [6.07, 6.45) is 6.60. The van der Waals surface area contributed by atoms with Gasteiger partial charge in [-0.1, -0.05) is 37.4 Å². The van der Waals surface area contributed by atoms with E-state index in [0.29, 0.717) is 60.3 Å². The first kappa shape index (κ1) is 38.7. The van der Waals surface area contributed by atoms with Crippen molar-refractivity contribution in [3.63, 3.8) is 0 Å². The third kappa shape index (κ3) is 11.5. The molecule has 0 amide bonds. The van der Waals surface area contributed by atoms with Crippen LogP contribution in [-0.2, 0) is 38.0 Å². The maximum absolute atomic E-state index is 13.0. The molecule has 280 valence electrons. The molecule has 3 heterocycles. The van der Waals surface area contributed by atoms with Gasteiger partial charge >= 0.3 is 23.9 Å². The van der Waals surface area contributed by atoms with Gasteiger partial charge in [-0.3, -0.25) is 0 Å². The van der Waals surface area contributed by atoms with Gasteiger partial charge in [-0.05, 0) is 24.3 Å². The predicted octanol–water partition coefficient (Wildman–Crippen LogP) is 4.31. The summed E-state index contributed by atoms with van der Waals surface area (Å²) in [4.78, 5) is 65.4. The molecule has 2 unspecified atom stereocenters. The van der Waals surface area contributed by atoms with E-state index in [1.165, 1.54) is 24.8 Å². The molecular formula is C38H36N4O12. The minimum Gasteiger partial charge on any atom is -0.490 e. The quantitative estimate of drug-likeness (QED) is 0.0606. The Morgan fingerprint density at radius 1 is 0.593 bits per heavy atom. The van der Waals surface area contributed by atoms with Crippen LogP contribution < -0.4 is 9.47 Å². The summed E-state index contributed by atoms with van der Waals surface area (Å²) in [5.41, 5.74) is 1.69. The van der Waals surface area contributed by atoms with Gasteiger partial charge in [0, 0.05) is 36.1 Å². The predicted molar refractivity (Wildman–Crippen MR) is 188 cm³/mol. The summed E-state index contributed by atoms with van der Waals surface area (Å²) in [5, 5.41) is 0. The molecule has 0 aliphatic carbocycles. The molecule has 5 rings (SSSR count). The Bertz CT molecular complexity index is 1750. The lowest BCUT2D eigenvalue weighted by atomic mass is 10.1. The normalized spacial score (nSPS) is 14.9. The number of hydrogen-bond donors (Lipinski definition) is 0. The number of esters is 4. The zero-order chi connectivity index (χ0) is 38.1. The summed E-state index contributed by atoms with van der Waals surface area (Å²) in [5.74, 6) is -0.744. The minimum absolute atomic E-state index is 0.119. The number of carbonyl (C=O) groups excluding carboxylic acids is 4. The molecule has 16 heteroatoms. The Labute approximate surface area is 309 Å². The van der Waals surface area contributed by atoms with Crippen molar-refractivity contribution in [1.82, 2.24) is 19.9 Å². The van der Waals surface area contributed by atoms with Gasteiger partial charge in [0.15, 0.2) is 23.1 Å². The smallest absolute Gasteiger partial charge is 0.340 e. The van der Waals surface area contributed by atoms with Crippen molar-refractivity contribution < 1.29 is 57.1 Å². The van der Waals surface area contributed by atoms with Crippen molar-refractivity contribution in [1.29, 1.82) is 0 Å². The number of aromatic nitrogens is 4. The van der Waals surface area contributed by atoms with Crippen LogP contribution in [0, 0.1) is 0 Å². The van der Waals surface area contributed by atoms with Gasteiger partial charge in [-0.15, -0.1) is 0 Å². The Hall–Kier alpha value is -6.52. The fourth-order valence-corrected chi connectivity index (χ4v) is 4.56. The summed E-state index contributed by atoms with van der Waals surface area (Å²) >= 11 is 0. The molecule has 16 nitrogen and oxygen atoms in total. The average molecular weight is 741 g/mol. The van der Waals surface area contributed by atoms with E-state index in [-0.39, 0.29) is 37.6 Å². The number of nitrogens with zero attached hydrogens (tertiary/aromatic N) is 4. The molecule has 2 atom stereocenters. The summed E-state index contributed by atoms with van der Waals surface area (Å²) in [6.45, 7) is 7.92. The van der Waals surface area contributed by atoms with Crippen molar-refractivity contribution in [2.75, 3.05) is 39.6 Å². The average Bonchev–Trinajstić information content (AvgIpc) is 3.21. The number of hydrogen-bond acceptors (Lipinski definition) is 16. The van der Waals surface area contributed by atoms with Gasteiger partial charge in [-0.25, -0.2) is 39.1 Å². The van der Waals surface area contributed by atoms with E-state index in [2.05, 4.69) is 33.1 Å². The lowest BCUT2D eigenvalue weighted by Gasteiger charge is -2.30. The second-order valence-electron chi connectivity index (χ2n) is 11.1. The van der Waals surface area contributed by atoms with Crippen LogP contribution in [0.4, 0.5) is 0 Å². The van der Waals surface area contributed by atoms with Crippen LogP contribution in [0.1, 0.15) is 33.6 Å². The highest BCUT2D eigenvalue weighted by atomic mass is 16.8.